The number of ether oxygens (including phenoxy) is 1. The number of amides is 1. The first-order chi connectivity index (χ1) is 12.1. The van der Waals surface area contributed by atoms with Crippen molar-refractivity contribution in [2.45, 2.75) is 6.42 Å². The molecule has 0 bridgehead atoms. The molecule has 1 aromatic heterocycles. The van der Waals surface area contributed by atoms with Gasteiger partial charge in [0.1, 0.15) is 11.6 Å². The van der Waals surface area contributed by atoms with Crippen LogP contribution in [-0.4, -0.2) is 18.0 Å². The van der Waals surface area contributed by atoms with Crippen LogP contribution in [0.4, 0.5) is 9.52 Å². The van der Waals surface area contributed by atoms with Crippen molar-refractivity contribution in [1.29, 1.82) is 0 Å². The Morgan fingerprint density at radius 2 is 2.12 bits per heavy atom. The van der Waals surface area contributed by atoms with E-state index in [0.29, 0.717) is 27.2 Å². The number of anilines is 1. The summed E-state index contributed by atoms with van der Waals surface area (Å²) in [4.78, 5) is 16.4. The van der Waals surface area contributed by atoms with Crippen LogP contribution in [0.2, 0.25) is 5.02 Å². The van der Waals surface area contributed by atoms with Crippen LogP contribution in [0, 0.1) is 5.82 Å². The Morgan fingerprint density at radius 3 is 2.84 bits per heavy atom. The standard InChI is InChI=1S/C18H14ClFN2O2S/c1-24-16-7-6-12(8-13(16)19)15-10-25-18(21-15)22-17(23)9-11-4-2-3-5-14(11)20/h2-8,10H,9H2,1H3,(H,21,22,23). The summed E-state index contributed by atoms with van der Waals surface area (Å²) in [5, 5.41) is 5.44. The monoisotopic (exact) mass is 376 g/mol. The maximum Gasteiger partial charge on any atom is 0.230 e. The summed E-state index contributed by atoms with van der Waals surface area (Å²) < 4.78 is 18.7. The average Bonchev–Trinajstić information content (AvgIpc) is 3.05. The van der Waals surface area contributed by atoms with E-state index in [1.54, 1.807) is 37.4 Å². The Labute approximate surface area is 153 Å². The normalized spacial score (nSPS) is 10.5. The molecule has 1 heterocycles. The Morgan fingerprint density at radius 1 is 1.32 bits per heavy atom. The zero-order valence-electron chi connectivity index (χ0n) is 13.3. The highest BCUT2D eigenvalue weighted by molar-refractivity contribution is 7.14. The van der Waals surface area contributed by atoms with Gasteiger partial charge in [-0.1, -0.05) is 29.8 Å². The fourth-order valence-corrected chi connectivity index (χ4v) is 3.26. The zero-order chi connectivity index (χ0) is 17.8. The van der Waals surface area contributed by atoms with E-state index in [0.717, 1.165) is 5.56 Å². The highest BCUT2D eigenvalue weighted by atomic mass is 35.5. The number of halogens is 2. The van der Waals surface area contributed by atoms with Gasteiger partial charge in [0.25, 0.3) is 0 Å². The molecule has 0 atom stereocenters. The first-order valence-corrected chi connectivity index (χ1v) is 8.65. The predicted octanol–water partition coefficient (Wildman–Crippen LogP) is 4.79. The van der Waals surface area contributed by atoms with E-state index < -0.39 is 5.82 Å². The predicted molar refractivity (Wildman–Crippen MR) is 97.8 cm³/mol. The number of thiazole rings is 1. The second-order valence-electron chi connectivity index (χ2n) is 5.20. The van der Waals surface area contributed by atoms with E-state index in [-0.39, 0.29) is 12.3 Å². The van der Waals surface area contributed by atoms with Crippen molar-refractivity contribution in [2.75, 3.05) is 12.4 Å². The van der Waals surface area contributed by atoms with Gasteiger partial charge in [0.15, 0.2) is 5.13 Å². The molecule has 7 heteroatoms. The maximum absolute atomic E-state index is 13.6. The Balaban J connectivity index is 1.70. The Kier molecular flexibility index (Phi) is 5.31. The number of aromatic nitrogens is 1. The highest BCUT2D eigenvalue weighted by Crippen LogP contribution is 2.31. The summed E-state index contributed by atoms with van der Waals surface area (Å²) >= 11 is 7.41. The molecular weight excluding hydrogens is 363 g/mol. The summed E-state index contributed by atoms with van der Waals surface area (Å²) in [6.07, 6.45) is -0.0457. The number of hydrogen-bond acceptors (Lipinski definition) is 4. The molecule has 0 spiro atoms. The topological polar surface area (TPSA) is 51.2 Å². The summed E-state index contributed by atoms with van der Waals surface area (Å²) in [5.41, 5.74) is 1.85. The third-order valence-corrected chi connectivity index (χ3v) is 4.56. The first kappa shape index (κ1) is 17.4. The second-order valence-corrected chi connectivity index (χ2v) is 6.47. The number of benzene rings is 2. The molecule has 1 amide bonds. The summed E-state index contributed by atoms with van der Waals surface area (Å²) in [6, 6.07) is 11.5. The highest BCUT2D eigenvalue weighted by Gasteiger charge is 2.12. The third kappa shape index (κ3) is 4.15. The Hall–Kier alpha value is -2.44. The van der Waals surface area contributed by atoms with Gasteiger partial charge in [-0.25, -0.2) is 9.37 Å². The first-order valence-electron chi connectivity index (χ1n) is 7.39. The quantitative estimate of drug-likeness (QED) is 0.696. The van der Waals surface area contributed by atoms with Crippen LogP contribution in [-0.2, 0) is 11.2 Å². The van der Waals surface area contributed by atoms with Crippen LogP contribution < -0.4 is 10.1 Å². The Bertz CT molecular complexity index is 914. The van der Waals surface area contributed by atoms with Gasteiger partial charge in [0, 0.05) is 10.9 Å². The minimum atomic E-state index is -0.398. The van der Waals surface area contributed by atoms with Crippen LogP contribution >= 0.6 is 22.9 Å². The molecule has 2 aromatic carbocycles. The van der Waals surface area contributed by atoms with Crippen molar-refractivity contribution >= 4 is 34.0 Å². The number of hydrogen-bond donors (Lipinski definition) is 1. The van der Waals surface area contributed by atoms with Gasteiger partial charge in [-0.15, -0.1) is 11.3 Å². The number of carbonyl (C=O) groups is 1. The molecule has 0 saturated carbocycles. The lowest BCUT2D eigenvalue weighted by molar-refractivity contribution is -0.115. The molecule has 128 valence electrons. The summed E-state index contributed by atoms with van der Waals surface area (Å²) in [7, 11) is 1.55. The zero-order valence-corrected chi connectivity index (χ0v) is 14.8. The van der Waals surface area contributed by atoms with Crippen LogP contribution in [0.3, 0.4) is 0 Å². The van der Waals surface area contributed by atoms with Crippen molar-refractivity contribution < 1.29 is 13.9 Å². The lowest BCUT2D eigenvalue weighted by Gasteiger charge is -2.04. The molecule has 3 aromatic rings. The van der Waals surface area contributed by atoms with Crippen LogP contribution in [0.15, 0.2) is 47.8 Å². The lowest BCUT2D eigenvalue weighted by atomic mass is 10.1. The number of nitrogens with one attached hydrogen (secondary N) is 1. The van der Waals surface area contributed by atoms with E-state index in [1.165, 1.54) is 17.4 Å². The second kappa shape index (κ2) is 7.63. The van der Waals surface area contributed by atoms with E-state index in [9.17, 15) is 9.18 Å². The molecule has 0 fully saturated rings. The number of rotatable bonds is 5. The third-order valence-electron chi connectivity index (χ3n) is 3.51. The fourth-order valence-electron chi connectivity index (χ4n) is 2.27. The molecule has 0 aliphatic carbocycles. The smallest absolute Gasteiger partial charge is 0.230 e. The molecule has 0 radical (unpaired) electrons. The van der Waals surface area contributed by atoms with Crippen molar-refractivity contribution in [3.63, 3.8) is 0 Å². The maximum atomic E-state index is 13.6. The van der Waals surface area contributed by atoms with E-state index >= 15 is 0 Å². The van der Waals surface area contributed by atoms with Gasteiger partial charge >= 0.3 is 0 Å². The van der Waals surface area contributed by atoms with Gasteiger partial charge < -0.3 is 10.1 Å². The molecule has 3 rings (SSSR count). The minimum Gasteiger partial charge on any atom is -0.495 e. The van der Waals surface area contributed by atoms with E-state index in [1.807, 2.05) is 11.4 Å². The molecule has 0 aliphatic heterocycles. The molecule has 25 heavy (non-hydrogen) atoms. The van der Waals surface area contributed by atoms with Crippen molar-refractivity contribution in [1.82, 2.24) is 4.98 Å². The average molecular weight is 377 g/mol. The van der Waals surface area contributed by atoms with Gasteiger partial charge in [-0.3, -0.25) is 4.79 Å². The molecule has 0 aliphatic rings. The molecular formula is C18H14ClFN2O2S. The van der Waals surface area contributed by atoms with Gasteiger partial charge in [-0.05, 0) is 29.8 Å². The summed E-state index contributed by atoms with van der Waals surface area (Å²) in [6.45, 7) is 0. The van der Waals surface area contributed by atoms with Crippen LogP contribution in [0.25, 0.3) is 11.3 Å². The number of carbonyl (C=O) groups excluding carboxylic acids is 1. The van der Waals surface area contributed by atoms with Crippen molar-refractivity contribution in [3.8, 4) is 17.0 Å². The molecule has 4 nitrogen and oxygen atoms in total. The van der Waals surface area contributed by atoms with Crippen LogP contribution in [0.5, 0.6) is 5.75 Å². The van der Waals surface area contributed by atoms with E-state index in [2.05, 4.69) is 10.3 Å². The lowest BCUT2D eigenvalue weighted by Crippen LogP contribution is -2.15. The summed E-state index contributed by atoms with van der Waals surface area (Å²) in [5.74, 6) is -0.136. The van der Waals surface area contributed by atoms with Gasteiger partial charge in [0.05, 0.1) is 24.2 Å². The largest absolute Gasteiger partial charge is 0.495 e. The molecule has 1 N–H and O–H groups in total. The number of nitrogens with zero attached hydrogens (tertiary/aromatic N) is 1. The SMILES string of the molecule is COc1ccc(-c2csc(NC(=O)Cc3ccccc3F)n2)cc1Cl. The minimum absolute atomic E-state index is 0.0457. The van der Waals surface area contributed by atoms with Gasteiger partial charge in [0.2, 0.25) is 5.91 Å². The van der Waals surface area contributed by atoms with Crippen molar-refractivity contribution in [2.24, 2.45) is 0 Å². The molecule has 0 saturated heterocycles. The molecule has 0 unspecified atom stereocenters. The van der Waals surface area contributed by atoms with E-state index in [4.69, 9.17) is 16.3 Å². The number of methoxy groups -OCH3 is 1. The van der Waals surface area contributed by atoms with Crippen molar-refractivity contribution in [3.05, 3.63) is 64.2 Å². The van der Waals surface area contributed by atoms with Crippen LogP contribution in [0.1, 0.15) is 5.56 Å². The fraction of sp³-hybridized carbons (Fsp3) is 0.111. The van der Waals surface area contributed by atoms with Gasteiger partial charge in [-0.2, -0.15) is 0 Å².